The van der Waals surface area contributed by atoms with Crippen molar-refractivity contribution in [2.75, 3.05) is 6.61 Å². The normalized spacial score (nSPS) is 13.1. The lowest BCUT2D eigenvalue weighted by Crippen LogP contribution is -2.50. The maximum Gasteiger partial charge on any atom is 0.341 e. The Bertz CT molecular complexity index is 626. The summed E-state index contributed by atoms with van der Waals surface area (Å²) < 4.78 is 30.8. The van der Waals surface area contributed by atoms with Gasteiger partial charge in [0.2, 0.25) is 0 Å². The van der Waals surface area contributed by atoms with Gasteiger partial charge in [0.15, 0.2) is 6.61 Å². The van der Waals surface area contributed by atoms with Crippen molar-refractivity contribution in [3.05, 3.63) is 35.4 Å². The Balaban J connectivity index is 2.65. The maximum atomic E-state index is 13.4. The van der Waals surface area contributed by atoms with Crippen molar-refractivity contribution in [1.29, 1.82) is 5.26 Å². The zero-order valence-corrected chi connectivity index (χ0v) is 12.4. The third-order valence-electron chi connectivity index (χ3n) is 3.27. The molecule has 0 aliphatic heterocycles. The summed E-state index contributed by atoms with van der Waals surface area (Å²) >= 11 is 0. The van der Waals surface area contributed by atoms with E-state index >= 15 is 0 Å². The number of hydrogen-bond acceptors (Lipinski definition) is 4. The van der Waals surface area contributed by atoms with Crippen LogP contribution >= 0.6 is 0 Å². The number of carbonyl (C=O) groups is 2. The molecule has 0 spiro atoms. The van der Waals surface area contributed by atoms with E-state index in [-0.39, 0.29) is 5.92 Å². The van der Waals surface area contributed by atoms with Gasteiger partial charge in [-0.3, -0.25) is 4.79 Å². The first-order valence-corrected chi connectivity index (χ1v) is 6.54. The lowest BCUT2D eigenvalue weighted by Gasteiger charge is -2.27. The van der Waals surface area contributed by atoms with Crippen LogP contribution in [0.15, 0.2) is 18.2 Å². The van der Waals surface area contributed by atoms with Crippen molar-refractivity contribution in [3.8, 4) is 6.07 Å². The highest BCUT2D eigenvalue weighted by Crippen LogP contribution is 2.15. The van der Waals surface area contributed by atoms with Gasteiger partial charge in [0.1, 0.15) is 17.2 Å². The summed E-state index contributed by atoms with van der Waals surface area (Å²) in [6, 6.07) is 4.35. The molecule has 0 aliphatic carbocycles. The first-order valence-electron chi connectivity index (χ1n) is 6.54. The molecule has 0 saturated carbocycles. The number of ether oxygens (including phenoxy) is 1. The summed E-state index contributed by atoms with van der Waals surface area (Å²) in [6.07, 6.45) is 0. The van der Waals surface area contributed by atoms with E-state index in [0.717, 1.165) is 12.1 Å². The summed E-state index contributed by atoms with van der Waals surface area (Å²) in [5.74, 6) is -3.83. The van der Waals surface area contributed by atoms with Gasteiger partial charge in [-0.25, -0.2) is 13.6 Å². The van der Waals surface area contributed by atoms with Gasteiger partial charge in [0, 0.05) is 6.07 Å². The zero-order valence-electron chi connectivity index (χ0n) is 12.4. The molecule has 1 atom stereocenters. The van der Waals surface area contributed by atoms with Gasteiger partial charge in [-0.05, 0) is 25.0 Å². The van der Waals surface area contributed by atoms with Gasteiger partial charge >= 0.3 is 5.97 Å². The van der Waals surface area contributed by atoms with Crippen LogP contribution in [0.2, 0.25) is 0 Å². The number of rotatable bonds is 5. The topological polar surface area (TPSA) is 79.2 Å². The van der Waals surface area contributed by atoms with E-state index < -0.39 is 41.2 Å². The fourth-order valence-electron chi connectivity index (χ4n) is 1.49. The number of nitriles is 1. The first kappa shape index (κ1) is 17.6. The Morgan fingerprint density at radius 3 is 2.55 bits per heavy atom. The van der Waals surface area contributed by atoms with Gasteiger partial charge in [-0.1, -0.05) is 13.8 Å². The largest absolute Gasteiger partial charge is 0.452 e. The number of nitrogens with one attached hydrogen (secondary N) is 1. The molecule has 0 heterocycles. The van der Waals surface area contributed by atoms with E-state index in [1.165, 1.54) is 6.92 Å². The van der Waals surface area contributed by atoms with Crippen molar-refractivity contribution < 1.29 is 23.1 Å². The molecule has 7 heteroatoms. The summed E-state index contributed by atoms with van der Waals surface area (Å²) in [5, 5.41) is 11.5. The molecule has 0 bridgehead atoms. The van der Waals surface area contributed by atoms with Crippen molar-refractivity contribution >= 4 is 11.9 Å². The van der Waals surface area contributed by atoms with Gasteiger partial charge in [-0.15, -0.1) is 0 Å². The number of nitrogens with zero attached hydrogens (tertiary/aromatic N) is 1. The van der Waals surface area contributed by atoms with E-state index in [0.29, 0.717) is 6.07 Å². The average Bonchev–Trinajstić information content (AvgIpc) is 2.44. The fourth-order valence-corrected chi connectivity index (χ4v) is 1.49. The molecule has 1 aromatic rings. The molecule has 0 unspecified atom stereocenters. The monoisotopic (exact) mass is 310 g/mol. The lowest BCUT2D eigenvalue weighted by atomic mass is 9.90. The summed E-state index contributed by atoms with van der Waals surface area (Å²) in [7, 11) is 0. The lowest BCUT2D eigenvalue weighted by molar-refractivity contribution is -0.125. The molecular weight excluding hydrogens is 294 g/mol. The van der Waals surface area contributed by atoms with Crippen LogP contribution in [0.25, 0.3) is 0 Å². The van der Waals surface area contributed by atoms with Crippen LogP contribution < -0.4 is 5.32 Å². The molecule has 1 amide bonds. The van der Waals surface area contributed by atoms with E-state index in [9.17, 15) is 18.4 Å². The predicted molar refractivity (Wildman–Crippen MR) is 73.6 cm³/mol. The van der Waals surface area contributed by atoms with E-state index in [1.807, 2.05) is 6.07 Å². The molecular formula is C15H16F2N2O3. The SMILES string of the molecule is CC(C)[C@](C)(C#N)NC(=O)COC(=O)c1ccc(F)cc1F. The first-order chi connectivity index (χ1) is 10.2. The van der Waals surface area contributed by atoms with Crippen molar-refractivity contribution in [1.82, 2.24) is 5.32 Å². The number of halogens is 2. The van der Waals surface area contributed by atoms with Gasteiger partial charge in [0.25, 0.3) is 5.91 Å². The highest BCUT2D eigenvalue weighted by atomic mass is 19.1. The molecule has 0 aromatic heterocycles. The minimum atomic E-state index is -1.11. The second-order valence-electron chi connectivity index (χ2n) is 5.22. The third-order valence-corrected chi connectivity index (χ3v) is 3.27. The summed E-state index contributed by atoms with van der Waals surface area (Å²) in [5.41, 5.74) is -1.58. The van der Waals surface area contributed by atoms with Gasteiger partial charge in [-0.2, -0.15) is 5.26 Å². The number of amides is 1. The van der Waals surface area contributed by atoms with Crippen LogP contribution in [0.5, 0.6) is 0 Å². The third kappa shape index (κ3) is 4.25. The molecule has 0 fully saturated rings. The number of hydrogen-bond donors (Lipinski definition) is 1. The minimum Gasteiger partial charge on any atom is -0.452 e. The van der Waals surface area contributed by atoms with E-state index in [1.54, 1.807) is 13.8 Å². The van der Waals surface area contributed by atoms with Gasteiger partial charge < -0.3 is 10.1 Å². The molecule has 1 aromatic carbocycles. The molecule has 0 aliphatic rings. The Morgan fingerprint density at radius 1 is 1.41 bits per heavy atom. The number of esters is 1. The second-order valence-corrected chi connectivity index (χ2v) is 5.22. The van der Waals surface area contributed by atoms with Crippen LogP contribution in [-0.4, -0.2) is 24.0 Å². The number of benzene rings is 1. The summed E-state index contributed by atoms with van der Waals surface area (Å²) in [6.45, 7) is 4.38. The molecule has 118 valence electrons. The average molecular weight is 310 g/mol. The molecule has 5 nitrogen and oxygen atoms in total. The minimum absolute atomic E-state index is 0.160. The quantitative estimate of drug-likeness (QED) is 0.845. The van der Waals surface area contributed by atoms with Crippen molar-refractivity contribution in [3.63, 3.8) is 0 Å². The Morgan fingerprint density at radius 2 is 2.05 bits per heavy atom. The predicted octanol–water partition coefficient (Wildman–Crippen LogP) is 2.18. The van der Waals surface area contributed by atoms with Crippen LogP contribution in [-0.2, 0) is 9.53 Å². The molecule has 0 saturated heterocycles. The Hall–Kier alpha value is -2.49. The van der Waals surface area contributed by atoms with Gasteiger partial charge in [0.05, 0.1) is 11.6 Å². The highest BCUT2D eigenvalue weighted by molar-refractivity contribution is 5.91. The molecule has 22 heavy (non-hydrogen) atoms. The van der Waals surface area contributed by atoms with E-state index in [2.05, 4.69) is 10.1 Å². The highest BCUT2D eigenvalue weighted by Gasteiger charge is 2.30. The zero-order chi connectivity index (χ0) is 16.9. The standard InChI is InChI=1S/C15H16F2N2O3/c1-9(2)15(3,8-18)19-13(20)7-22-14(21)11-5-4-10(16)6-12(11)17/h4-6,9H,7H2,1-3H3,(H,19,20)/t15-/m0/s1. The second kappa shape index (κ2) is 6.98. The van der Waals surface area contributed by atoms with Crippen molar-refractivity contribution in [2.45, 2.75) is 26.3 Å². The maximum absolute atomic E-state index is 13.4. The van der Waals surface area contributed by atoms with E-state index in [4.69, 9.17) is 5.26 Å². The van der Waals surface area contributed by atoms with Crippen molar-refractivity contribution in [2.24, 2.45) is 5.92 Å². The van der Waals surface area contributed by atoms with Crippen LogP contribution in [0.4, 0.5) is 8.78 Å². The number of carbonyl (C=O) groups excluding carboxylic acids is 2. The molecule has 1 N–H and O–H groups in total. The van der Waals surface area contributed by atoms with Crippen LogP contribution in [0, 0.1) is 28.9 Å². The Labute approximate surface area is 126 Å². The fraction of sp³-hybridized carbons (Fsp3) is 0.400. The Kier molecular flexibility index (Phi) is 5.57. The van der Waals surface area contributed by atoms with Crippen LogP contribution in [0.1, 0.15) is 31.1 Å². The summed E-state index contributed by atoms with van der Waals surface area (Å²) in [4.78, 5) is 23.3. The van der Waals surface area contributed by atoms with Crippen LogP contribution in [0.3, 0.4) is 0 Å². The molecule has 1 rings (SSSR count). The smallest absolute Gasteiger partial charge is 0.341 e. The molecule has 0 radical (unpaired) electrons.